The van der Waals surface area contributed by atoms with Crippen LogP contribution >= 0.6 is 0 Å². The third kappa shape index (κ3) is 3.08. The molecule has 2 saturated heterocycles. The maximum atomic E-state index is 10.4. The van der Waals surface area contributed by atoms with Crippen LogP contribution in [0.3, 0.4) is 0 Å². The van der Waals surface area contributed by atoms with Gasteiger partial charge in [0.1, 0.15) is 0 Å². The molecule has 212 valence electrons. The maximum Gasteiger partial charge on any atom is 0.0793 e. The Morgan fingerprint density at radius 1 is 1.08 bits per heavy atom. The van der Waals surface area contributed by atoms with E-state index in [1.54, 1.807) is 5.57 Å². The van der Waals surface area contributed by atoms with Crippen molar-refractivity contribution in [3.05, 3.63) is 11.6 Å². The number of aliphatic hydroxyl groups excluding tert-OH is 1. The molecule has 0 radical (unpaired) electrons. The van der Waals surface area contributed by atoms with Crippen molar-refractivity contribution in [3.8, 4) is 0 Å². The minimum absolute atomic E-state index is 0.0958. The molecule has 0 aromatic heterocycles. The van der Waals surface area contributed by atoms with Crippen molar-refractivity contribution in [2.45, 2.75) is 128 Å². The van der Waals surface area contributed by atoms with Crippen LogP contribution in [-0.4, -0.2) is 60.7 Å². The van der Waals surface area contributed by atoms with Crippen molar-refractivity contribution in [2.24, 2.45) is 45.8 Å². The van der Waals surface area contributed by atoms with Gasteiger partial charge in [0.25, 0.3) is 0 Å². The van der Waals surface area contributed by atoms with Gasteiger partial charge in [0.05, 0.1) is 17.8 Å². The fraction of sp³-hybridized carbons (Fsp3) is 0.941. The second-order valence-corrected chi connectivity index (χ2v) is 15.9. The third-order valence-electron chi connectivity index (χ3n) is 14.5. The number of nitrogens with zero attached hydrogens (tertiary/aromatic N) is 1. The molecule has 2 heterocycles. The van der Waals surface area contributed by atoms with Gasteiger partial charge >= 0.3 is 0 Å². The number of hydrogen-bond donors (Lipinski definition) is 1. The topological polar surface area (TPSA) is 41.9 Å². The molecule has 4 heteroatoms. The Bertz CT molecular complexity index is 996. The predicted molar refractivity (Wildman–Crippen MR) is 150 cm³/mol. The second kappa shape index (κ2) is 8.55. The van der Waals surface area contributed by atoms with Gasteiger partial charge < -0.3 is 14.6 Å². The van der Waals surface area contributed by atoms with Crippen LogP contribution in [0.5, 0.6) is 0 Å². The van der Waals surface area contributed by atoms with E-state index in [1.807, 2.05) is 7.11 Å². The zero-order valence-electron chi connectivity index (χ0n) is 24.4. The second-order valence-electron chi connectivity index (χ2n) is 15.9. The van der Waals surface area contributed by atoms with Crippen molar-refractivity contribution in [1.29, 1.82) is 0 Å². The molecule has 8 aliphatic rings. The molecule has 8 rings (SSSR count). The summed E-state index contributed by atoms with van der Waals surface area (Å²) in [7, 11) is 1.82. The summed E-state index contributed by atoms with van der Waals surface area (Å²) in [6, 6.07) is 0.694. The highest BCUT2D eigenvalue weighted by Gasteiger charge is 2.91. The van der Waals surface area contributed by atoms with Crippen LogP contribution in [0, 0.1) is 45.8 Å². The van der Waals surface area contributed by atoms with Crippen LogP contribution in [-0.2, 0) is 9.47 Å². The minimum Gasteiger partial charge on any atom is -0.393 e. The van der Waals surface area contributed by atoms with Gasteiger partial charge in [-0.1, -0.05) is 38.3 Å². The molecule has 1 N–H and O–H groups in total. The van der Waals surface area contributed by atoms with E-state index in [0.717, 1.165) is 49.0 Å². The largest absolute Gasteiger partial charge is 0.393 e. The summed E-state index contributed by atoms with van der Waals surface area (Å²) >= 11 is 0. The highest BCUT2D eigenvalue weighted by Crippen LogP contribution is 2.93. The van der Waals surface area contributed by atoms with E-state index in [4.69, 9.17) is 9.47 Å². The van der Waals surface area contributed by atoms with Gasteiger partial charge in [-0.3, -0.25) is 4.90 Å². The zero-order chi connectivity index (χ0) is 25.9. The molecular weight excluding hydrogens is 470 g/mol. The minimum atomic E-state index is -0.0958. The molecule has 0 amide bonds. The molecule has 0 aromatic rings. The van der Waals surface area contributed by atoms with Gasteiger partial charge in [-0.05, 0) is 118 Å². The molecule has 7 fully saturated rings. The Kier molecular flexibility index (Phi) is 5.70. The number of ether oxygens (including phenoxy) is 2. The van der Waals surface area contributed by atoms with Crippen molar-refractivity contribution in [2.75, 3.05) is 26.8 Å². The molecule has 0 bridgehead atoms. The van der Waals surface area contributed by atoms with Crippen LogP contribution in [0.2, 0.25) is 0 Å². The molecule has 2 aliphatic heterocycles. The SMILES string of the molecule is COCCCCCCN1C[C@@H](C)C[C@H]2O[C@@]34CC[C@H]5[C@@H]6CC=C7C[C@@H](O)CC[C@]7(C)[C@H]6CC56CC63C[C@@H]4[C@@H]21. The lowest BCUT2D eigenvalue weighted by molar-refractivity contribution is -0.211. The number of unbranched alkanes of at least 4 members (excludes halogenated alkanes) is 3. The molecule has 6 aliphatic carbocycles. The average molecular weight is 524 g/mol. The zero-order valence-corrected chi connectivity index (χ0v) is 24.4. The fourth-order valence-corrected chi connectivity index (χ4v) is 13.0. The van der Waals surface area contributed by atoms with Gasteiger partial charge in [-0.25, -0.2) is 0 Å². The van der Waals surface area contributed by atoms with Gasteiger partial charge in [-0.15, -0.1) is 0 Å². The van der Waals surface area contributed by atoms with Crippen molar-refractivity contribution < 1.29 is 14.6 Å². The Morgan fingerprint density at radius 2 is 1.95 bits per heavy atom. The number of methoxy groups -OCH3 is 1. The van der Waals surface area contributed by atoms with E-state index >= 15 is 0 Å². The highest BCUT2D eigenvalue weighted by atomic mass is 16.5. The monoisotopic (exact) mass is 523 g/mol. The number of allylic oxidation sites excluding steroid dienone is 1. The Labute approximate surface area is 231 Å². The van der Waals surface area contributed by atoms with E-state index in [0.29, 0.717) is 28.4 Å². The van der Waals surface area contributed by atoms with Crippen LogP contribution in [0.15, 0.2) is 11.6 Å². The Morgan fingerprint density at radius 3 is 2.82 bits per heavy atom. The average Bonchev–Trinajstić information content (AvgIpc) is 3.37. The van der Waals surface area contributed by atoms with Gasteiger partial charge in [-0.2, -0.15) is 0 Å². The van der Waals surface area contributed by atoms with E-state index < -0.39 is 0 Å². The first-order chi connectivity index (χ1) is 18.4. The summed E-state index contributed by atoms with van der Waals surface area (Å²) < 4.78 is 12.7. The van der Waals surface area contributed by atoms with Crippen LogP contribution in [0.1, 0.15) is 104 Å². The Balaban J connectivity index is 1.01. The standard InChI is InChI=1S/C34H53NO3/c1-22-16-29-30(35(20-22)14-6-4-5-7-15-37-3)28-19-33-21-32(33)18-27-25(26(32)11-13-34(28,33)38-29)9-8-23-17-24(36)10-12-31(23,27)2/h8,22,24-30,36H,4-7,9-21H2,1-3H3/t22-,24-,25-,26-,27-,28+,29+,30-,31-,32?,33?,34+/m0/s1. The first-order valence-corrected chi connectivity index (χ1v) is 16.7. The number of hydrogen-bond acceptors (Lipinski definition) is 4. The van der Waals surface area contributed by atoms with E-state index in [2.05, 4.69) is 24.8 Å². The van der Waals surface area contributed by atoms with Crippen LogP contribution < -0.4 is 0 Å². The molecule has 12 atom stereocenters. The summed E-state index contributed by atoms with van der Waals surface area (Å²) in [6.45, 7) is 8.55. The lowest BCUT2D eigenvalue weighted by Crippen LogP contribution is -2.64. The third-order valence-corrected chi connectivity index (χ3v) is 14.5. The Hall–Kier alpha value is -0.420. The number of aliphatic hydroxyl groups is 1. The smallest absolute Gasteiger partial charge is 0.0793 e. The van der Waals surface area contributed by atoms with Crippen molar-refractivity contribution in [1.82, 2.24) is 4.90 Å². The quantitative estimate of drug-likeness (QED) is 0.311. The molecule has 3 spiro atoms. The molecule has 2 unspecified atom stereocenters. The molecular formula is C34H53NO3. The van der Waals surface area contributed by atoms with E-state index in [9.17, 15) is 5.11 Å². The number of fused-ring (bicyclic) bond motifs is 6. The molecule has 5 saturated carbocycles. The summed E-state index contributed by atoms with van der Waals surface area (Å²) in [5.41, 5.74) is 3.30. The highest BCUT2D eigenvalue weighted by molar-refractivity contribution is 5.42. The molecule has 0 aromatic carbocycles. The predicted octanol–water partition coefficient (Wildman–Crippen LogP) is 6.36. The van der Waals surface area contributed by atoms with Crippen molar-refractivity contribution >= 4 is 0 Å². The first kappa shape index (κ1) is 25.3. The first-order valence-electron chi connectivity index (χ1n) is 16.7. The number of piperidine rings is 1. The maximum absolute atomic E-state index is 10.4. The van der Waals surface area contributed by atoms with Crippen LogP contribution in [0.4, 0.5) is 0 Å². The summed E-state index contributed by atoms with van der Waals surface area (Å²) in [6.07, 6.45) is 21.1. The summed E-state index contributed by atoms with van der Waals surface area (Å²) in [4.78, 5) is 2.92. The van der Waals surface area contributed by atoms with Gasteiger partial charge in [0.2, 0.25) is 0 Å². The lowest BCUT2D eigenvalue weighted by atomic mass is 9.47. The fourth-order valence-electron chi connectivity index (χ4n) is 13.0. The lowest BCUT2D eigenvalue weighted by Gasteiger charge is -2.60. The van der Waals surface area contributed by atoms with Crippen molar-refractivity contribution in [3.63, 3.8) is 0 Å². The number of likely N-dealkylation sites (tertiary alicyclic amines) is 1. The van der Waals surface area contributed by atoms with E-state index in [1.165, 1.54) is 90.1 Å². The van der Waals surface area contributed by atoms with E-state index in [-0.39, 0.29) is 11.7 Å². The normalized spacial score (nSPS) is 55.8. The molecule has 4 nitrogen and oxygen atoms in total. The summed E-state index contributed by atoms with van der Waals surface area (Å²) in [5.74, 6) is 4.25. The van der Waals surface area contributed by atoms with Crippen LogP contribution in [0.25, 0.3) is 0 Å². The molecule has 38 heavy (non-hydrogen) atoms. The van der Waals surface area contributed by atoms with Gasteiger partial charge in [0.15, 0.2) is 0 Å². The summed E-state index contributed by atoms with van der Waals surface area (Å²) in [5, 5.41) is 10.4. The van der Waals surface area contributed by atoms with Gasteiger partial charge in [0, 0.05) is 37.6 Å². The number of rotatable bonds is 7.